The molecule has 1 heterocycles. The molecule has 0 saturated carbocycles. The molecule has 2 aromatic carbocycles. The zero-order chi connectivity index (χ0) is 14.2. The number of nitrogen functional groups attached to an aromatic ring is 1. The molecule has 4 nitrogen and oxygen atoms in total. The number of nitrogens with two attached hydrogens (primary N) is 1. The van der Waals surface area contributed by atoms with Crippen molar-refractivity contribution in [1.29, 1.82) is 0 Å². The minimum absolute atomic E-state index is 0.748. The summed E-state index contributed by atoms with van der Waals surface area (Å²) >= 11 is 0. The first-order valence-electron chi connectivity index (χ1n) is 7.41. The maximum atomic E-state index is 6.17. The third-order valence-corrected chi connectivity index (χ3v) is 4.28. The topological polar surface area (TPSA) is 66.7 Å². The normalized spacial score (nSPS) is 14.1. The summed E-state index contributed by atoms with van der Waals surface area (Å²) in [6.07, 6.45) is 6.67. The smallest absolute Gasteiger partial charge is 0.0672 e. The maximum Gasteiger partial charge on any atom is 0.0672 e. The van der Waals surface area contributed by atoms with E-state index in [1.165, 1.54) is 36.1 Å². The standard InChI is InChI=1S/C17H18N4/c18-14-8-12-10-19-21-16(12)9-17(14)20-15-7-3-5-11-4-1-2-6-13(11)15/h3,5,7-10,20H,1-2,4,6,18H2,(H,19,21). The number of aromatic amines is 1. The van der Waals surface area contributed by atoms with Gasteiger partial charge in [0.2, 0.25) is 0 Å². The summed E-state index contributed by atoms with van der Waals surface area (Å²) in [6.45, 7) is 0. The van der Waals surface area contributed by atoms with Crippen LogP contribution in [0, 0.1) is 0 Å². The van der Waals surface area contributed by atoms with Gasteiger partial charge in [-0.3, -0.25) is 5.10 Å². The fraction of sp³-hybridized carbons (Fsp3) is 0.235. The van der Waals surface area contributed by atoms with Gasteiger partial charge >= 0.3 is 0 Å². The van der Waals surface area contributed by atoms with Gasteiger partial charge in [-0.25, -0.2) is 0 Å². The van der Waals surface area contributed by atoms with Crippen LogP contribution in [0.25, 0.3) is 10.9 Å². The second-order valence-electron chi connectivity index (χ2n) is 5.67. The van der Waals surface area contributed by atoms with Crippen LogP contribution in [0.5, 0.6) is 0 Å². The number of rotatable bonds is 2. The molecular formula is C17H18N4. The van der Waals surface area contributed by atoms with E-state index in [0.29, 0.717) is 0 Å². The van der Waals surface area contributed by atoms with Crippen LogP contribution in [0.1, 0.15) is 24.0 Å². The van der Waals surface area contributed by atoms with Crippen LogP contribution in [0.15, 0.2) is 36.5 Å². The van der Waals surface area contributed by atoms with E-state index in [1.54, 1.807) is 6.20 Å². The van der Waals surface area contributed by atoms with Crippen molar-refractivity contribution < 1.29 is 0 Å². The number of hydrogen-bond acceptors (Lipinski definition) is 3. The van der Waals surface area contributed by atoms with Crippen molar-refractivity contribution in [2.75, 3.05) is 11.1 Å². The predicted octanol–water partition coefficient (Wildman–Crippen LogP) is 3.77. The highest BCUT2D eigenvalue weighted by Gasteiger charge is 2.13. The first-order chi connectivity index (χ1) is 10.3. The zero-order valence-corrected chi connectivity index (χ0v) is 11.8. The summed E-state index contributed by atoms with van der Waals surface area (Å²) in [5.74, 6) is 0. The monoisotopic (exact) mass is 278 g/mol. The molecule has 0 aliphatic heterocycles. The van der Waals surface area contributed by atoms with Gasteiger partial charge in [0.05, 0.1) is 23.1 Å². The highest BCUT2D eigenvalue weighted by molar-refractivity contribution is 5.90. The Morgan fingerprint density at radius 3 is 2.95 bits per heavy atom. The largest absolute Gasteiger partial charge is 0.397 e. The van der Waals surface area contributed by atoms with E-state index < -0.39 is 0 Å². The van der Waals surface area contributed by atoms with Crippen molar-refractivity contribution in [3.05, 3.63) is 47.7 Å². The molecule has 106 valence electrons. The molecule has 1 aliphatic carbocycles. The molecule has 0 amide bonds. The van der Waals surface area contributed by atoms with E-state index in [0.717, 1.165) is 28.7 Å². The molecular weight excluding hydrogens is 260 g/mol. The lowest BCUT2D eigenvalue weighted by Crippen LogP contribution is -2.06. The molecule has 4 rings (SSSR count). The predicted molar refractivity (Wildman–Crippen MR) is 86.9 cm³/mol. The Hall–Kier alpha value is -2.49. The molecule has 0 atom stereocenters. The van der Waals surface area contributed by atoms with Gasteiger partial charge in [-0.05, 0) is 55.0 Å². The van der Waals surface area contributed by atoms with Gasteiger partial charge in [-0.15, -0.1) is 0 Å². The van der Waals surface area contributed by atoms with E-state index >= 15 is 0 Å². The Kier molecular flexibility index (Phi) is 2.81. The van der Waals surface area contributed by atoms with Gasteiger partial charge in [0.15, 0.2) is 0 Å². The van der Waals surface area contributed by atoms with Crippen LogP contribution in [0.4, 0.5) is 17.1 Å². The summed E-state index contributed by atoms with van der Waals surface area (Å²) < 4.78 is 0. The highest BCUT2D eigenvalue weighted by Crippen LogP contribution is 2.33. The number of H-pyrrole nitrogens is 1. The van der Waals surface area contributed by atoms with Crippen molar-refractivity contribution in [3.63, 3.8) is 0 Å². The number of anilines is 3. The summed E-state index contributed by atoms with van der Waals surface area (Å²) in [6, 6.07) is 10.5. The molecule has 0 radical (unpaired) electrons. The van der Waals surface area contributed by atoms with Gasteiger partial charge in [-0.2, -0.15) is 5.10 Å². The number of aryl methyl sites for hydroxylation is 1. The van der Waals surface area contributed by atoms with Crippen molar-refractivity contribution in [2.24, 2.45) is 0 Å². The Balaban J connectivity index is 1.76. The summed E-state index contributed by atoms with van der Waals surface area (Å²) in [5, 5.41) is 11.6. The number of nitrogens with one attached hydrogen (secondary N) is 2. The summed E-state index contributed by atoms with van der Waals surface area (Å²) in [7, 11) is 0. The van der Waals surface area contributed by atoms with E-state index in [1.807, 2.05) is 12.1 Å². The van der Waals surface area contributed by atoms with Crippen molar-refractivity contribution in [3.8, 4) is 0 Å². The minimum atomic E-state index is 0.748. The second-order valence-corrected chi connectivity index (χ2v) is 5.67. The van der Waals surface area contributed by atoms with E-state index in [4.69, 9.17) is 5.73 Å². The van der Waals surface area contributed by atoms with Crippen molar-refractivity contribution >= 4 is 28.0 Å². The molecule has 0 unspecified atom stereocenters. The van der Waals surface area contributed by atoms with Gasteiger partial charge in [-0.1, -0.05) is 12.1 Å². The maximum absolute atomic E-state index is 6.17. The lowest BCUT2D eigenvalue weighted by molar-refractivity contribution is 0.687. The molecule has 0 spiro atoms. The zero-order valence-electron chi connectivity index (χ0n) is 11.8. The average molecular weight is 278 g/mol. The molecule has 3 aromatic rings. The van der Waals surface area contributed by atoms with E-state index in [9.17, 15) is 0 Å². The molecule has 4 heteroatoms. The fourth-order valence-corrected chi connectivity index (χ4v) is 3.16. The molecule has 21 heavy (non-hydrogen) atoms. The Bertz CT molecular complexity index is 804. The molecule has 0 fully saturated rings. The third-order valence-electron chi connectivity index (χ3n) is 4.28. The number of fused-ring (bicyclic) bond motifs is 2. The van der Waals surface area contributed by atoms with E-state index in [-0.39, 0.29) is 0 Å². The van der Waals surface area contributed by atoms with Crippen molar-refractivity contribution in [1.82, 2.24) is 10.2 Å². The van der Waals surface area contributed by atoms with Gasteiger partial charge in [0, 0.05) is 11.1 Å². The number of hydrogen-bond donors (Lipinski definition) is 3. The second kappa shape index (κ2) is 4.81. The first kappa shape index (κ1) is 12.3. The first-order valence-corrected chi connectivity index (χ1v) is 7.41. The quantitative estimate of drug-likeness (QED) is 0.625. The van der Waals surface area contributed by atoms with E-state index in [2.05, 4.69) is 33.7 Å². The lowest BCUT2D eigenvalue weighted by Gasteiger charge is -2.20. The van der Waals surface area contributed by atoms with Gasteiger partial charge in [0.25, 0.3) is 0 Å². The highest BCUT2D eigenvalue weighted by atomic mass is 15.1. The summed E-state index contributed by atoms with van der Waals surface area (Å²) in [5.41, 5.74) is 12.9. The van der Waals surface area contributed by atoms with Crippen LogP contribution >= 0.6 is 0 Å². The number of nitrogens with zero attached hydrogens (tertiary/aromatic N) is 1. The van der Waals surface area contributed by atoms with Crippen LogP contribution < -0.4 is 11.1 Å². The molecule has 1 aromatic heterocycles. The molecule has 0 saturated heterocycles. The molecule has 4 N–H and O–H groups in total. The SMILES string of the molecule is Nc1cc2cn[nH]c2cc1Nc1cccc2c1CCCC2. The van der Waals surface area contributed by atoms with Crippen LogP contribution in [0.3, 0.4) is 0 Å². The van der Waals surface area contributed by atoms with Crippen LogP contribution in [-0.4, -0.2) is 10.2 Å². The fourth-order valence-electron chi connectivity index (χ4n) is 3.16. The van der Waals surface area contributed by atoms with Crippen molar-refractivity contribution in [2.45, 2.75) is 25.7 Å². The summed E-state index contributed by atoms with van der Waals surface area (Å²) in [4.78, 5) is 0. The third kappa shape index (κ3) is 2.13. The van der Waals surface area contributed by atoms with Crippen LogP contribution in [-0.2, 0) is 12.8 Å². The minimum Gasteiger partial charge on any atom is -0.397 e. The van der Waals surface area contributed by atoms with Gasteiger partial charge < -0.3 is 11.1 Å². The average Bonchev–Trinajstić information content (AvgIpc) is 2.95. The lowest BCUT2D eigenvalue weighted by atomic mass is 9.90. The number of aromatic nitrogens is 2. The van der Waals surface area contributed by atoms with Gasteiger partial charge in [0.1, 0.15) is 0 Å². The Labute approximate surface area is 123 Å². The molecule has 1 aliphatic rings. The Morgan fingerprint density at radius 2 is 2.00 bits per heavy atom. The number of benzene rings is 2. The van der Waals surface area contributed by atoms with Crippen LogP contribution in [0.2, 0.25) is 0 Å². The molecule has 0 bridgehead atoms. The Morgan fingerprint density at radius 1 is 1.10 bits per heavy atom.